The molecular formula is C23H23N3O4S. The lowest BCUT2D eigenvalue weighted by Crippen LogP contribution is -2.36. The van der Waals surface area contributed by atoms with E-state index in [2.05, 4.69) is 10.3 Å². The molecule has 4 rings (SSSR count). The minimum absolute atomic E-state index is 0.0655. The van der Waals surface area contributed by atoms with Gasteiger partial charge in [-0.15, -0.1) is 11.3 Å². The zero-order valence-corrected chi connectivity index (χ0v) is 18.1. The normalized spacial score (nSPS) is 16.4. The summed E-state index contributed by atoms with van der Waals surface area (Å²) in [6.45, 7) is 0.827. The third kappa shape index (κ3) is 4.25. The van der Waals surface area contributed by atoms with Crippen molar-refractivity contribution in [3.8, 4) is 22.1 Å². The first-order chi connectivity index (χ1) is 15.1. The highest BCUT2D eigenvalue weighted by atomic mass is 32.1. The maximum absolute atomic E-state index is 13.4. The highest BCUT2D eigenvalue weighted by Crippen LogP contribution is 2.39. The van der Waals surface area contributed by atoms with E-state index in [0.717, 1.165) is 11.1 Å². The number of carbonyl (C=O) groups excluding carboxylic acids is 2. The summed E-state index contributed by atoms with van der Waals surface area (Å²) >= 11 is 1.37. The quantitative estimate of drug-likeness (QED) is 0.661. The Morgan fingerprint density at radius 1 is 1.13 bits per heavy atom. The van der Waals surface area contributed by atoms with Gasteiger partial charge in [-0.05, 0) is 17.7 Å². The molecule has 160 valence electrons. The van der Waals surface area contributed by atoms with Gasteiger partial charge in [-0.2, -0.15) is 0 Å². The van der Waals surface area contributed by atoms with Crippen LogP contribution in [-0.2, 0) is 4.79 Å². The predicted octanol–water partition coefficient (Wildman–Crippen LogP) is 3.53. The first-order valence-electron chi connectivity index (χ1n) is 9.92. The summed E-state index contributed by atoms with van der Waals surface area (Å²) in [5.41, 5.74) is 2.04. The van der Waals surface area contributed by atoms with Crippen molar-refractivity contribution in [3.63, 3.8) is 0 Å². The molecule has 0 aliphatic carbocycles. The highest BCUT2D eigenvalue weighted by molar-refractivity contribution is 7.13. The van der Waals surface area contributed by atoms with Crippen LogP contribution in [0.2, 0.25) is 0 Å². The zero-order valence-electron chi connectivity index (χ0n) is 17.3. The average Bonchev–Trinajstić information content (AvgIpc) is 3.22. The van der Waals surface area contributed by atoms with Gasteiger partial charge in [0.15, 0.2) is 11.5 Å². The van der Waals surface area contributed by atoms with Crippen LogP contribution in [0.15, 0.2) is 53.9 Å². The van der Waals surface area contributed by atoms with Crippen molar-refractivity contribution in [1.82, 2.24) is 15.2 Å². The number of hydrogen-bond donors (Lipinski definition) is 1. The van der Waals surface area contributed by atoms with E-state index < -0.39 is 0 Å². The second-order valence-corrected chi connectivity index (χ2v) is 7.92. The van der Waals surface area contributed by atoms with Crippen LogP contribution >= 0.6 is 11.3 Å². The fraction of sp³-hybridized carbons (Fsp3) is 0.261. The van der Waals surface area contributed by atoms with Crippen molar-refractivity contribution in [3.05, 3.63) is 65.2 Å². The van der Waals surface area contributed by atoms with Gasteiger partial charge in [0.1, 0.15) is 10.7 Å². The van der Waals surface area contributed by atoms with E-state index in [1.165, 1.54) is 11.3 Å². The van der Waals surface area contributed by atoms with E-state index in [-0.39, 0.29) is 24.3 Å². The van der Waals surface area contributed by atoms with Gasteiger partial charge in [0.25, 0.3) is 5.91 Å². The van der Waals surface area contributed by atoms with Gasteiger partial charge in [-0.1, -0.05) is 36.4 Å². The van der Waals surface area contributed by atoms with E-state index in [0.29, 0.717) is 35.3 Å². The van der Waals surface area contributed by atoms with Crippen molar-refractivity contribution in [2.75, 3.05) is 27.3 Å². The standard InChI is InChI=1S/C23H23N3O4S/c1-29-19-10-6-9-16(21(19)30-2)22-25-17(14-31-22)23(28)26-12-11-24-20(27)13-18(26)15-7-4-3-5-8-15/h3-10,14,18H,11-13H2,1-2H3,(H,24,27). The second-order valence-electron chi connectivity index (χ2n) is 7.06. The summed E-state index contributed by atoms with van der Waals surface area (Å²) < 4.78 is 10.9. The number of benzene rings is 2. The molecule has 3 aromatic rings. The van der Waals surface area contributed by atoms with Gasteiger partial charge >= 0.3 is 0 Å². The number of hydrogen-bond acceptors (Lipinski definition) is 6. The minimum Gasteiger partial charge on any atom is -0.493 e. The number of amides is 2. The summed E-state index contributed by atoms with van der Waals surface area (Å²) in [7, 11) is 3.16. The van der Waals surface area contributed by atoms with Gasteiger partial charge in [0.05, 0.1) is 32.2 Å². The van der Waals surface area contributed by atoms with Crippen LogP contribution < -0.4 is 14.8 Å². The Kier molecular flexibility index (Phi) is 6.18. The Hall–Kier alpha value is -3.39. The lowest BCUT2D eigenvalue weighted by molar-refractivity contribution is -0.121. The largest absolute Gasteiger partial charge is 0.493 e. The number of methoxy groups -OCH3 is 2. The minimum atomic E-state index is -0.340. The molecule has 7 nitrogen and oxygen atoms in total. The monoisotopic (exact) mass is 437 g/mol. The summed E-state index contributed by atoms with van der Waals surface area (Å²) in [4.78, 5) is 32.0. The molecular weight excluding hydrogens is 414 g/mol. The molecule has 1 N–H and O–H groups in total. The summed E-state index contributed by atoms with van der Waals surface area (Å²) in [6, 6.07) is 14.8. The summed E-state index contributed by atoms with van der Waals surface area (Å²) in [5.74, 6) is 0.911. The zero-order chi connectivity index (χ0) is 21.8. The number of carbonyl (C=O) groups is 2. The average molecular weight is 438 g/mol. The molecule has 1 aliphatic rings. The number of nitrogens with zero attached hydrogens (tertiary/aromatic N) is 2. The third-order valence-corrected chi connectivity index (χ3v) is 6.11. The molecule has 1 aliphatic heterocycles. The Balaban J connectivity index is 1.67. The van der Waals surface area contributed by atoms with E-state index in [1.807, 2.05) is 48.5 Å². The third-order valence-electron chi connectivity index (χ3n) is 5.23. The number of thiazole rings is 1. The van der Waals surface area contributed by atoms with Gasteiger partial charge < -0.3 is 19.7 Å². The van der Waals surface area contributed by atoms with Crippen LogP contribution in [0, 0.1) is 0 Å². The highest BCUT2D eigenvalue weighted by Gasteiger charge is 2.31. The molecule has 2 amide bonds. The van der Waals surface area contributed by atoms with Crippen molar-refractivity contribution in [2.45, 2.75) is 12.5 Å². The molecule has 1 saturated heterocycles. The molecule has 1 atom stereocenters. The maximum Gasteiger partial charge on any atom is 0.273 e. The first-order valence-corrected chi connectivity index (χ1v) is 10.8. The smallest absolute Gasteiger partial charge is 0.273 e. The molecule has 8 heteroatoms. The van der Waals surface area contributed by atoms with Crippen LogP contribution in [0.5, 0.6) is 11.5 Å². The van der Waals surface area contributed by atoms with E-state index >= 15 is 0 Å². The van der Waals surface area contributed by atoms with Crippen molar-refractivity contribution >= 4 is 23.2 Å². The summed E-state index contributed by atoms with van der Waals surface area (Å²) in [6.07, 6.45) is 0.219. The van der Waals surface area contributed by atoms with Crippen molar-refractivity contribution < 1.29 is 19.1 Å². The number of aromatic nitrogens is 1. The van der Waals surface area contributed by atoms with Crippen LogP contribution in [0.1, 0.15) is 28.5 Å². The van der Waals surface area contributed by atoms with Crippen LogP contribution in [0.25, 0.3) is 10.6 Å². The Morgan fingerprint density at radius 3 is 2.68 bits per heavy atom. The fourth-order valence-electron chi connectivity index (χ4n) is 3.74. The van der Waals surface area contributed by atoms with Gasteiger partial charge in [0, 0.05) is 18.5 Å². The maximum atomic E-state index is 13.4. The topological polar surface area (TPSA) is 80.8 Å². The number of rotatable bonds is 5. The lowest BCUT2D eigenvalue weighted by atomic mass is 10.0. The van der Waals surface area contributed by atoms with Gasteiger partial charge in [0.2, 0.25) is 5.91 Å². The Labute approximate surface area is 184 Å². The number of para-hydroxylation sites is 1. The molecule has 0 radical (unpaired) electrons. The Morgan fingerprint density at radius 2 is 1.94 bits per heavy atom. The van der Waals surface area contributed by atoms with E-state index in [4.69, 9.17) is 9.47 Å². The number of nitrogens with one attached hydrogen (secondary N) is 1. The Bertz CT molecular complexity index is 1080. The molecule has 31 heavy (non-hydrogen) atoms. The van der Waals surface area contributed by atoms with Crippen LogP contribution in [0.4, 0.5) is 0 Å². The number of ether oxygens (including phenoxy) is 2. The lowest BCUT2D eigenvalue weighted by Gasteiger charge is -2.29. The van der Waals surface area contributed by atoms with Crippen molar-refractivity contribution in [2.24, 2.45) is 0 Å². The van der Waals surface area contributed by atoms with Gasteiger partial charge in [-0.3, -0.25) is 9.59 Å². The van der Waals surface area contributed by atoms with Gasteiger partial charge in [-0.25, -0.2) is 4.98 Å². The first kappa shape index (κ1) is 20.9. The SMILES string of the molecule is COc1cccc(-c2nc(C(=O)N3CCNC(=O)CC3c3ccccc3)cs2)c1OC. The van der Waals surface area contributed by atoms with Crippen LogP contribution in [-0.4, -0.2) is 49.0 Å². The van der Waals surface area contributed by atoms with E-state index in [9.17, 15) is 9.59 Å². The molecule has 0 bridgehead atoms. The predicted molar refractivity (Wildman–Crippen MR) is 119 cm³/mol. The fourth-order valence-corrected chi connectivity index (χ4v) is 4.56. The van der Waals surface area contributed by atoms with Crippen molar-refractivity contribution in [1.29, 1.82) is 0 Å². The summed E-state index contributed by atoms with van der Waals surface area (Å²) in [5, 5.41) is 5.27. The molecule has 1 unspecified atom stereocenters. The molecule has 2 heterocycles. The molecule has 0 saturated carbocycles. The molecule has 1 aromatic heterocycles. The van der Waals surface area contributed by atoms with E-state index in [1.54, 1.807) is 24.5 Å². The molecule has 2 aromatic carbocycles. The molecule has 1 fully saturated rings. The molecule has 0 spiro atoms. The second kappa shape index (κ2) is 9.18. The van der Waals surface area contributed by atoms with Crippen LogP contribution in [0.3, 0.4) is 0 Å².